The van der Waals surface area contributed by atoms with Crippen LogP contribution in [0.5, 0.6) is 5.75 Å². The summed E-state index contributed by atoms with van der Waals surface area (Å²) in [5.41, 5.74) is 5.97. The van der Waals surface area contributed by atoms with Gasteiger partial charge in [0.15, 0.2) is 11.5 Å². The highest BCUT2D eigenvalue weighted by atomic mass is 16.3. The fourth-order valence-electron chi connectivity index (χ4n) is 2.57. The maximum atomic E-state index is 12.5. The van der Waals surface area contributed by atoms with Crippen LogP contribution in [-0.2, 0) is 0 Å². The van der Waals surface area contributed by atoms with Crippen molar-refractivity contribution in [3.63, 3.8) is 0 Å². The Bertz CT molecular complexity index is 719. The molecular formula is C16H17N3O4. The van der Waals surface area contributed by atoms with E-state index in [4.69, 9.17) is 10.2 Å². The van der Waals surface area contributed by atoms with E-state index in [2.05, 4.69) is 0 Å². The van der Waals surface area contributed by atoms with Crippen LogP contribution in [0.25, 0.3) is 0 Å². The fourth-order valence-corrected chi connectivity index (χ4v) is 2.57. The van der Waals surface area contributed by atoms with Crippen LogP contribution in [0.15, 0.2) is 41.0 Å². The van der Waals surface area contributed by atoms with Gasteiger partial charge in [-0.05, 0) is 24.3 Å². The summed E-state index contributed by atoms with van der Waals surface area (Å²) in [6, 6.07) is 7.97. The summed E-state index contributed by atoms with van der Waals surface area (Å²) in [4.78, 5) is 27.9. The highest BCUT2D eigenvalue weighted by molar-refractivity contribution is 5.98. The van der Waals surface area contributed by atoms with Gasteiger partial charge in [-0.3, -0.25) is 9.59 Å². The summed E-state index contributed by atoms with van der Waals surface area (Å²) in [6.45, 7) is 1.60. The first-order valence-corrected chi connectivity index (χ1v) is 7.27. The third-order valence-electron chi connectivity index (χ3n) is 3.88. The van der Waals surface area contributed by atoms with Crippen molar-refractivity contribution in [2.24, 2.45) is 0 Å². The molecule has 1 aliphatic rings. The normalized spacial score (nSPS) is 14.8. The first kappa shape index (κ1) is 15.0. The molecule has 0 saturated carbocycles. The molecule has 3 rings (SSSR count). The molecule has 1 aromatic heterocycles. The number of carbonyl (C=O) groups is 2. The minimum Gasteiger partial charge on any atom is -0.505 e. The second kappa shape index (κ2) is 6.04. The van der Waals surface area contributed by atoms with Crippen molar-refractivity contribution in [1.29, 1.82) is 0 Å². The van der Waals surface area contributed by atoms with E-state index >= 15 is 0 Å². The largest absolute Gasteiger partial charge is 0.505 e. The van der Waals surface area contributed by atoms with Crippen LogP contribution in [0.3, 0.4) is 0 Å². The van der Waals surface area contributed by atoms with Crippen molar-refractivity contribution in [1.82, 2.24) is 9.80 Å². The predicted octanol–water partition coefficient (Wildman–Crippen LogP) is 1.17. The summed E-state index contributed by atoms with van der Waals surface area (Å²) in [5.74, 6) is -0.390. The van der Waals surface area contributed by atoms with Crippen LogP contribution < -0.4 is 5.73 Å². The standard InChI is InChI=1S/C16H17N3O4/c17-12-4-1-3-11(14(12)20)15(21)18-6-8-19(9-7-18)16(22)13-5-2-10-23-13/h1-5,10,20H,6-9,17H2. The number of hydrogen-bond acceptors (Lipinski definition) is 5. The van der Waals surface area contributed by atoms with Crippen molar-refractivity contribution >= 4 is 17.5 Å². The number of aromatic hydroxyl groups is 1. The molecule has 23 heavy (non-hydrogen) atoms. The van der Waals surface area contributed by atoms with E-state index in [1.807, 2.05) is 0 Å². The number of piperazine rings is 1. The summed E-state index contributed by atoms with van der Waals surface area (Å²) in [7, 11) is 0. The van der Waals surface area contributed by atoms with Crippen LogP contribution in [0.1, 0.15) is 20.9 Å². The lowest BCUT2D eigenvalue weighted by molar-refractivity contribution is 0.0516. The maximum absolute atomic E-state index is 12.5. The van der Waals surface area contributed by atoms with Gasteiger partial charge in [-0.1, -0.05) is 6.07 Å². The van der Waals surface area contributed by atoms with Crippen LogP contribution >= 0.6 is 0 Å². The third kappa shape index (κ3) is 2.85. The smallest absolute Gasteiger partial charge is 0.289 e. The fraction of sp³-hybridized carbons (Fsp3) is 0.250. The number of nitrogens with zero attached hydrogens (tertiary/aromatic N) is 2. The Balaban J connectivity index is 1.66. The van der Waals surface area contributed by atoms with E-state index in [1.54, 1.807) is 28.0 Å². The number of carbonyl (C=O) groups excluding carboxylic acids is 2. The second-order valence-electron chi connectivity index (χ2n) is 5.31. The number of phenols is 1. The number of para-hydroxylation sites is 1. The Morgan fingerprint density at radius 1 is 1.00 bits per heavy atom. The van der Waals surface area contributed by atoms with Gasteiger partial charge in [0.2, 0.25) is 0 Å². The zero-order chi connectivity index (χ0) is 16.4. The van der Waals surface area contributed by atoms with E-state index in [-0.39, 0.29) is 28.8 Å². The Morgan fingerprint density at radius 2 is 1.65 bits per heavy atom. The van der Waals surface area contributed by atoms with Gasteiger partial charge in [0, 0.05) is 26.2 Å². The molecule has 0 spiro atoms. The van der Waals surface area contributed by atoms with Crippen molar-refractivity contribution in [3.8, 4) is 5.75 Å². The molecule has 7 nitrogen and oxygen atoms in total. The first-order chi connectivity index (χ1) is 11.1. The van der Waals surface area contributed by atoms with E-state index in [9.17, 15) is 14.7 Å². The minimum absolute atomic E-state index is 0.169. The van der Waals surface area contributed by atoms with E-state index in [0.717, 1.165) is 0 Å². The lowest BCUT2D eigenvalue weighted by Gasteiger charge is -2.34. The molecule has 120 valence electrons. The molecule has 7 heteroatoms. The van der Waals surface area contributed by atoms with E-state index in [1.165, 1.54) is 18.4 Å². The van der Waals surface area contributed by atoms with E-state index < -0.39 is 0 Å². The summed E-state index contributed by atoms with van der Waals surface area (Å²) >= 11 is 0. The molecule has 0 aliphatic carbocycles. The van der Waals surface area contributed by atoms with Crippen molar-refractivity contribution in [2.75, 3.05) is 31.9 Å². The zero-order valence-corrected chi connectivity index (χ0v) is 12.4. The molecule has 1 saturated heterocycles. The number of benzene rings is 1. The van der Waals surface area contributed by atoms with Crippen molar-refractivity contribution in [3.05, 3.63) is 47.9 Å². The highest BCUT2D eigenvalue weighted by Crippen LogP contribution is 2.26. The van der Waals surface area contributed by atoms with Gasteiger partial charge in [-0.25, -0.2) is 0 Å². The maximum Gasteiger partial charge on any atom is 0.289 e. The van der Waals surface area contributed by atoms with Gasteiger partial charge < -0.3 is 25.1 Å². The molecule has 0 bridgehead atoms. The van der Waals surface area contributed by atoms with Gasteiger partial charge in [0.05, 0.1) is 17.5 Å². The Hall–Kier alpha value is -2.96. The average molecular weight is 315 g/mol. The molecule has 1 fully saturated rings. The van der Waals surface area contributed by atoms with Crippen LogP contribution in [0, 0.1) is 0 Å². The zero-order valence-electron chi connectivity index (χ0n) is 12.4. The number of nitrogen functional groups attached to an aromatic ring is 1. The van der Waals surface area contributed by atoms with Crippen molar-refractivity contribution < 1.29 is 19.1 Å². The van der Waals surface area contributed by atoms with Crippen LogP contribution in [0.2, 0.25) is 0 Å². The molecule has 2 aromatic rings. The molecule has 2 heterocycles. The monoisotopic (exact) mass is 315 g/mol. The number of rotatable bonds is 2. The second-order valence-corrected chi connectivity index (χ2v) is 5.31. The summed E-state index contributed by atoms with van der Waals surface area (Å²) < 4.78 is 5.10. The lowest BCUT2D eigenvalue weighted by atomic mass is 10.1. The SMILES string of the molecule is Nc1cccc(C(=O)N2CCN(C(=O)c3ccco3)CC2)c1O. The van der Waals surface area contributed by atoms with Gasteiger partial charge in [0.1, 0.15) is 0 Å². The van der Waals surface area contributed by atoms with Crippen LogP contribution in [0.4, 0.5) is 5.69 Å². The number of amides is 2. The molecular weight excluding hydrogens is 298 g/mol. The highest BCUT2D eigenvalue weighted by Gasteiger charge is 2.27. The average Bonchev–Trinajstić information content (AvgIpc) is 3.11. The van der Waals surface area contributed by atoms with Crippen LogP contribution in [-0.4, -0.2) is 52.9 Å². The lowest BCUT2D eigenvalue weighted by Crippen LogP contribution is -2.50. The topological polar surface area (TPSA) is 100 Å². The van der Waals surface area contributed by atoms with Gasteiger partial charge >= 0.3 is 0 Å². The third-order valence-corrected chi connectivity index (χ3v) is 3.88. The molecule has 0 unspecified atom stereocenters. The molecule has 3 N–H and O–H groups in total. The number of phenolic OH excluding ortho intramolecular Hbond substituents is 1. The van der Waals surface area contributed by atoms with Gasteiger partial charge in [-0.2, -0.15) is 0 Å². The summed E-state index contributed by atoms with van der Waals surface area (Å²) in [5, 5.41) is 9.91. The molecule has 0 atom stereocenters. The van der Waals surface area contributed by atoms with Gasteiger partial charge in [-0.15, -0.1) is 0 Å². The summed E-state index contributed by atoms with van der Waals surface area (Å²) in [6.07, 6.45) is 1.45. The molecule has 1 aromatic carbocycles. The molecule has 0 radical (unpaired) electrons. The predicted molar refractivity (Wildman–Crippen MR) is 83.0 cm³/mol. The first-order valence-electron chi connectivity index (χ1n) is 7.27. The number of furan rings is 1. The molecule has 2 amide bonds. The number of hydrogen-bond donors (Lipinski definition) is 2. The van der Waals surface area contributed by atoms with E-state index in [0.29, 0.717) is 31.9 Å². The minimum atomic E-state index is -0.292. The number of anilines is 1. The molecule has 1 aliphatic heterocycles. The van der Waals surface area contributed by atoms with Crippen molar-refractivity contribution in [2.45, 2.75) is 0 Å². The Labute approximate surface area is 132 Å². The van der Waals surface area contributed by atoms with Gasteiger partial charge in [0.25, 0.3) is 11.8 Å². The Morgan fingerprint density at radius 3 is 2.26 bits per heavy atom. The Kier molecular flexibility index (Phi) is 3.92. The number of nitrogens with two attached hydrogens (primary N) is 1. The quantitative estimate of drug-likeness (QED) is 0.640.